The summed E-state index contributed by atoms with van der Waals surface area (Å²) in [7, 11) is 0. The predicted octanol–water partition coefficient (Wildman–Crippen LogP) is 4.57. The number of hydrogen-bond acceptors (Lipinski definition) is 3. The molecule has 1 fully saturated rings. The summed E-state index contributed by atoms with van der Waals surface area (Å²) in [5.74, 6) is 0.371. The normalized spacial score (nSPS) is 17.2. The molecule has 6 heteroatoms. The van der Waals surface area contributed by atoms with Gasteiger partial charge in [0, 0.05) is 17.9 Å². The Morgan fingerprint density at radius 3 is 2.68 bits per heavy atom. The first-order chi connectivity index (χ1) is 13.4. The Hall–Kier alpha value is -2.37. The number of likely N-dealkylation sites (tertiary alicyclic amines) is 1. The fraction of sp³-hybridized carbons (Fsp3) is 0.364. The van der Waals surface area contributed by atoms with E-state index in [1.165, 1.54) is 6.42 Å². The number of nitrogens with one attached hydrogen (secondary N) is 2. The topological polar surface area (TPSA) is 61.4 Å². The van der Waals surface area contributed by atoms with Gasteiger partial charge in [0.2, 0.25) is 5.91 Å². The molecule has 0 radical (unpaired) electrons. The molecule has 0 spiro atoms. The molecule has 2 aromatic rings. The summed E-state index contributed by atoms with van der Waals surface area (Å²) in [6.07, 6.45) is 2.38. The van der Waals surface area contributed by atoms with Crippen LogP contribution in [0.2, 0.25) is 5.02 Å². The summed E-state index contributed by atoms with van der Waals surface area (Å²) < 4.78 is 0. The number of amides is 2. The van der Waals surface area contributed by atoms with E-state index >= 15 is 0 Å². The van der Waals surface area contributed by atoms with Crippen LogP contribution in [0.3, 0.4) is 0 Å². The highest BCUT2D eigenvalue weighted by Crippen LogP contribution is 2.22. The molecule has 0 bridgehead atoms. The maximum absolute atomic E-state index is 12.4. The highest BCUT2D eigenvalue weighted by Gasteiger charge is 2.19. The Balaban J connectivity index is 1.60. The maximum atomic E-state index is 12.4. The second-order valence-electron chi connectivity index (χ2n) is 7.49. The minimum atomic E-state index is -0.263. The lowest BCUT2D eigenvalue weighted by Crippen LogP contribution is -2.39. The molecule has 2 N–H and O–H groups in total. The SMILES string of the molecule is Cc1cc(NC(=O)c2ccccc2Cl)ccc1NC(=O)CN1CCCC(C)C1. The molecule has 1 heterocycles. The fourth-order valence-corrected chi connectivity index (χ4v) is 3.77. The first-order valence-electron chi connectivity index (χ1n) is 9.61. The van der Waals surface area contributed by atoms with Crippen molar-refractivity contribution in [3.05, 3.63) is 58.6 Å². The minimum absolute atomic E-state index is 0.00921. The number of carbonyl (C=O) groups is 2. The lowest BCUT2D eigenvalue weighted by Gasteiger charge is -2.30. The first kappa shape index (κ1) is 20.4. The van der Waals surface area contributed by atoms with Crippen molar-refractivity contribution in [2.75, 3.05) is 30.3 Å². The fourth-order valence-electron chi connectivity index (χ4n) is 3.55. The molecule has 2 aromatic carbocycles. The molecular formula is C22H26ClN3O2. The Bertz CT molecular complexity index is 869. The predicted molar refractivity (Wildman–Crippen MR) is 114 cm³/mol. The Morgan fingerprint density at radius 1 is 1.18 bits per heavy atom. The maximum Gasteiger partial charge on any atom is 0.257 e. The van der Waals surface area contributed by atoms with E-state index in [9.17, 15) is 9.59 Å². The third kappa shape index (κ3) is 5.33. The van der Waals surface area contributed by atoms with Crippen molar-refractivity contribution in [2.24, 2.45) is 5.92 Å². The minimum Gasteiger partial charge on any atom is -0.325 e. The zero-order chi connectivity index (χ0) is 20.1. The van der Waals surface area contributed by atoms with Crippen LogP contribution < -0.4 is 10.6 Å². The highest BCUT2D eigenvalue weighted by molar-refractivity contribution is 6.34. The quantitative estimate of drug-likeness (QED) is 0.774. The Morgan fingerprint density at radius 2 is 1.96 bits per heavy atom. The van der Waals surface area contributed by atoms with Gasteiger partial charge in [-0.15, -0.1) is 0 Å². The lowest BCUT2D eigenvalue weighted by atomic mass is 10.0. The number of carbonyl (C=O) groups excluding carboxylic acids is 2. The van der Waals surface area contributed by atoms with Gasteiger partial charge < -0.3 is 10.6 Å². The monoisotopic (exact) mass is 399 g/mol. The Kier molecular flexibility index (Phi) is 6.70. The second kappa shape index (κ2) is 9.22. The smallest absolute Gasteiger partial charge is 0.257 e. The molecule has 0 saturated carbocycles. The van der Waals surface area contributed by atoms with Crippen LogP contribution >= 0.6 is 11.6 Å². The molecule has 3 rings (SSSR count). The molecule has 28 heavy (non-hydrogen) atoms. The van der Waals surface area contributed by atoms with Gasteiger partial charge in [0.1, 0.15) is 0 Å². The number of rotatable bonds is 5. The Labute approximate surface area is 171 Å². The summed E-state index contributed by atoms with van der Waals surface area (Å²) in [5, 5.41) is 6.24. The molecule has 1 aliphatic rings. The molecular weight excluding hydrogens is 374 g/mol. The van der Waals surface area contributed by atoms with Crippen molar-refractivity contribution in [3.63, 3.8) is 0 Å². The number of halogens is 1. The summed E-state index contributed by atoms with van der Waals surface area (Å²) in [6.45, 7) is 6.49. The van der Waals surface area contributed by atoms with Gasteiger partial charge in [-0.2, -0.15) is 0 Å². The highest BCUT2D eigenvalue weighted by atomic mass is 35.5. The number of benzene rings is 2. The second-order valence-corrected chi connectivity index (χ2v) is 7.90. The van der Waals surface area contributed by atoms with Gasteiger partial charge in [-0.1, -0.05) is 30.7 Å². The van der Waals surface area contributed by atoms with Gasteiger partial charge in [-0.25, -0.2) is 0 Å². The molecule has 148 valence electrons. The summed E-state index contributed by atoms with van der Waals surface area (Å²) in [6, 6.07) is 12.4. The third-order valence-electron chi connectivity index (χ3n) is 4.99. The van der Waals surface area contributed by atoms with Crippen LogP contribution in [-0.4, -0.2) is 36.3 Å². The van der Waals surface area contributed by atoms with Crippen molar-refractivity contribution in [1.82, 2.24) is 4.90 Å². The molecule has 1 atom stereocenters. The molecule has 1 aliphatic heterocycles. The average Bonchev–Trinajstić information content (AvgIpc) is 2.64. The number of nitrogens with zero attached hydrogens (tertiary/aromatic N) is 1. The van der Waals surface area contributed by atoms with E-state index in [1.807, 2.05) is 19.1 Å². The van der Waals surface area contributed by atoms with Gasteiger partial charge in [0.25, 0.3) is 5.91 Å². The van der Waals surface area contributed by atoms with Crippen molar-refractivity contribution < 1.29 is 9.59 Å². The van der Waals surface area contributed by atoms with E-state index < -0.39 is 0 Å². The van der Waals surface area contributed by atoms with Crippen molar-refractivity contribution in [1.29, 1.82) is 0 Å². The number of hydrogen-bond donors (Lipinski definition) is 2. The standard InChI is InChI=1S/C22H26ClN3O2/c1-15-6-5-11-26(13-15)14-21(27)25-20-10-9-17(12-16(20)2)24-22(28)18-7-3-4-8-19(18)23/h3-4,7-10,12,15H,5-6,11,13-14H2,1-2H3,(H,24,28)(H,25,27). The van der Waals surface area contributed by atoms with Crippen LogP contribution in [0.1, 0.15) is 35.7 Å². The van der Waals surface area contributed by atoms with E-state index in [2.05, 4.69) is 22.5 Å². The van der Waals surface area contributed by atoms with E-state index in [0.717, 1.165) is 30.8 Å². The van der Waals surface area contributed by atoms with Crippen LogP contribution in [0.25, 0.3) is 0 Å². The first-order valence-corrected chi connectivity index (χ1v) is 9.99. The number of piperidine rings is 1. The molecule has 0 aromatic heterocycles. The van der Waals surface area contributed by atoms with Gasteiger partial charge in [-0.05, 0) is 68.1 Å². The van der Waals surface area contributed by atoms with Crippen LogP contribution in [0.5, 0.6) is 0 Å². The summed E-state index contributed by atoms with van der Waals surface area (Å²) in [5.41, 5.74) is 2.73. The number of anilines is 2. The molecule has 5 nitrogen and oxygen atoms in total. The van der Waals surface area contributed by atoms with Crippen LogP contribution in [0, 0.1) is 12.8 Å². The molecule has 1 saturated heterocycles. The van der Waals surface area contributed by atoms with Gasteiger partial charge in [-0.3, -0.25) is 14.5 Å². The largest absolute Gasteiger partial charge is 0.325 e. The third-order valence-corrected chi connectivity index (χ3v) is 5.31. The van der Waals surface area contributed by atoms with Crippen LogP contribution in [0.15, 0.2) is 42.5 Å². The van der Waals surface area contributed by atoms with Crippen LogP contribution in [-0.2, 0) is 4.79 Å². The summed E-state index contributed by atoms with van der Waals surface area (Å²) in [4.78, 5) is 27.0. The van der Waals surface area contributed by atoms with Gasteiger partial charge in [0.15, 0.2) is 0 Å². The van der Waals surface area contributed by atoms with Crippen LogP contribution in [0.4, 0.5) is 11.4 Å². The lowest BCUT2D eigenvalue weighted by molar-refractivity contribution is -0.117. The van der Waals surface area contributed by atoms with Crippen molar-refractivity contribution >= 4 is 34.8 Å². The van der Waals surface area contributed by atoms with Crippen molar-refractivity contribution in [3.8, 4) is 0 Å². The molecule has 2 amide bonds. The van der Waals surface area contributed by atoms with E-state index in [1.54, 1.807) is 30.3 Å². The van der Waals surface area contributed by atoms with E-state index in [-0.39, 0.29) is 11.8 Å². The average molecular weight is 400 g/mol. The van der Waals surface area contributed by atoms with Gasteiger partial charge in [0.05, 0.1) is 17.1 Å². The molecule has 0 aliphatic carbocycles. The zero-order valence-electron chi connectivity index (χ0n) is 16.3. The van der Waals surface area contributed by atoms with Crippen molar-refractivity contribution in [2.45, 2.75) is 26.7 Å². The van der Waals surface area contributed by atoms with Gasteiger partial charge >= 0.3 is 0 Å². The summed E-state index contributed by atoms with van der Waals surface area (Å²) >= 11 is 6.08. The zero-order valence-corrected chi connectivity index (χ0v) is 17.1. The molecule has 1 unspecified atom stereocenters. The van der Waals surface area contributed by atoms with E-state index in [4.69, 9.17) is 11.6 Å². The number of aryl methyl sites for hydroxylation is 1. The van der Waals surface area contributed by atoms with E-state index in [0.29, 0.717) is 28.7 Å².